The molecule has 10 rings (SSSR count). The van der Waals surface area contributed by atoms with E-state index in [0.717, 1.165) is 100 Å². The summed E-state index contributed by atoms with van der Waals surface area (Å²) < 4.78 is 10.9. The van der Waals surface area contributed by atoms with Gasteiger partial charge in [-0.25, -0.2) is 4.98 Å². The number of aryl methyl sites for hydroxylation is 1. The van der Waals surface area contributed by atoms with Crippen molar-refractivity contribution < 1.29 is 6.48 Å². The third-order valence-electron chi connectivity index (χ3n) is 14.3. The highest BCUT2D eigenvalue weighted by molar-refractivity contribution is 5.99. The van der Waals surface area contributed by atoms with Gasteiger partial charge in [0.15, 0.2) is 0 Å². The number of hydrogen-bond acceptors (Lipinski definition) is 3. The maximum atomic E-state index is 12.5. The number of pyridine rings is 1. The van der Waals surface area contributed by atoms with Crippen molar-refractivity contribution in [3.8, 4) is 89.7 Å². The van der Waals surface area contributed by atoms with E-state index in [1.807, 2.05) is 20.0 Å². The number of rotatable bonds is 11. The van der Waals surface area contributed by atoms with Gasteiger partial charge >= 0.3 is 0 Å². The lowest BCUT2D eigenvalue weighted by Crippen LogP contribution is -2.10. The summed E-state index contributed by atoms with van der Waals surface area (Å²) in [5.74, 6) is 0.550. The molecule has 0 radical (unpaired) electrons. The maximum absolute atomic E-state index is 12.5. The van der Waals surface area contributed by atoms with Crippen LogP contribution in [0.3, 0.4) is 0 Å². The van der Waals surface area contributed by atoms with Crippen molar-refractivity contribution in [3.05, 3.63) is 216 Å². The SMILES string of the molecule is [2H]C(C)(C)c1ccc(-c2ccnc(-c3cc(-c4ccccc4)cc(-c4cccc5c4nc(-c4cc(C(C)C)cc(C(C)C)c4O)n5-c4cc(C)c(-c5ccc(C(C)(C)C)cc5)cc4-c4ccccc4)c3)c2)cc1. The van der Waals surface area contributed by atoms with E-state index in [2.05, 4.69) is 242 Å². The molecule has 0 amide bonds. The minimum absolute atomic E-state index is 0.0408. The summed E-state index contributed by atoms with van der Waals surface area (Å²) in [7, 11) is 0. The summed E-state index contributed by atoms with van der Waals surface area (Å²) in [4.78, 5) is 10.7. The molecule has 10 aromatic rings. The molecular formula is C68H65N3O. The van der Waals surface area contributed by atoms with Crippen molar-refractivity contribution in [2.24, 2.45) is 0 Å². The molecule has 0 aliphatic heterocycles. The van der Waals surface area contributed by atoms with E-state index in [1.54, 1.807) is 0 Å². The van der Waals surface area contributed by atoms with E-state index < -0.39 is 5.89 Å². The van der Waals surface area contributed by atoms with E-state index in [-0.39, 0.29) is 23.0 Å². The van der Waals surface area contributed by atoms with Crippen LogP contribution in [0.5, 0.6) is 5.75 Å². The zero-order valence-electron chi connectivity index (χ0n) is 44.3. The Morgan fingerprint density at radius 1 is 0.500 bits per heavy atom. The third-order valence-corrected chi connectivity index (χ3v) is 14.3. The van der Waals surface area contributed by atoms with Gasteiger partial charge in [0, 0.05) is 24.3 Å². The highest BCUT2D eigenvalue weighted by atomic mass is 16.3. The summed E-state index contributed by atoms with van der Waals surface area (Å²) in [6.45, 7) is 21.5. The number of phenolic OH excluding ortho intramolecular Hbond substituents is 1. The number of para-hydroxylation sites is 1. The van der Waals surface area contributed by atoms with E-state index in [9.17, 15) is 5.11 Å². The average Bonchev–Trinajstić information content (AvgIpc) is 3.78. The molecule has 72 heavy (non-hydrogen) atoms. The molecule has 0 atom stereocenters. The predicted molar refractivity (Wildman–Crippen MR) is 304 cm³/mol. The van der Waals surface area contributed by atoms with Crippen LogP contribution < -0.4 is 0 Å². The van der Waals surface area contributed by atoms with Gasteiger partial charge in [-0.15, -0.1) is 0 Å². The number of aromatic nitrogens is 3. The third kappa shape index (κ3) is 9.30. The topological polar surface area (TPSA) is 50.9 Å². The van der Waals surface area contributed by atoms with Crippen molar-refractivity contribution in [1.29, 1.82) is 0 Å². The van der Waals surface area contributed by atoms with Crippen molar-refractivity contribution in [3.63, 3.8) is 0 Å². The second-order valence-corrected chi connectivity index (χ2v) is 21.3. The molecule has 0 aliphatic carbocycles. The Labute approximate surface area is 428 Å². The lowest BCUT2D eigenvalue weighted by molar-refractivity contribution is 0.466. The Bertz CT molecular complexity index is 3630. The molecule has 358 valence electrons. The van der Waals surface area contributed by atoms with Crippen LogP contribution >= 0.6 is 0 Å². The van der Waals surface area contributed by atoms with E-state index >= 15 is 0 Å². The number of imidazole rings is 1. The predicted octanol–water partition coefficient (Wildman–Crippen LogP) is 18.8. The number of nitrogens with zero attached hydrogens (tertiary/aromatic N) is 3. The molecule has 1 N–H and O–H groups in total. The Balaban J connectivity index is 1.24. The maximum Gasteiger partial charge on any atom is 0.149 e. The molecular weight excluding hydrogens is 875 g/mol. The van der Waals surface area contributed by atoms with Crippen LogP contribution in [0.15, 0.2) is 188 Å². The van der Waals surface area contributed by atoms with Gasteiger partial charge in [-0.1, -0.05) is 190 Å². The lowest BCUT2D eigenvalue weighted by atomic mass is 9.85. The second kappa shape index (κ2) is 19.4. The number of fused-ring (bicyclic) bond motifs is 1. The van der Waals surface area contributed by atoms with Gasteiger partial charge in [-0.3, -0.25) is 9.55 Å². The van der Waals surface area contributed by atoms with Crippen molar-refractivity contribution >= 4 is 11.0 Å². The van der Waals surface area contributed by atoms with Crippen LogP contribution in [0, 0.1) is 6.92 Å². The van der Waals surface area contributed by atoms with E-state index in [4.69, 9.17) is 11.3 Å². The quantitative estimate of drug-likeness (QED) is 0.141. The molecule has 0 fully saturated rings. The lowest BCUT2D eigenvalue weighted by Gasteiger charge is -2.22. The molecule has 2 heterocycles. The zero-order chi connectivity index (χ0) is 51.3. The van der Waals surface area contributed by atoms with Crippen LogP contribution in [0.4, 0.5) is 0 Å². The van der Waals surface area contributed by atoms with Crippen LogP contribution in [0.25, 0.3) is 95.0 Å². The van der Waals surface area contributed by atoms with Gasteiger partial charge < -0.3 is 5.11 Å². The van der Waals surface area contributed by atoms with Crippen molar-refractivity contribution in [2.45, 2.75) is 92.4 Å². The Kier molecular flexibility index (Phi) is 12.6. The normalized spacial score (nSPS) is 12.2. The summed E-state index contributed by atoms with van der Waals surface area (Å²) >= 11 is 0. The summed E-state index contributed by atoms with van der Waals surface area (Å²) in [6, 6.07) is 64.9. The fourth-order valence-electron chi connectivity index (χ4n) is 10.1. The molecule has 2 aromatic heterocycles. The van der Waals surface area contributed by atoms with Crippen LogP contribution in [0.1, 0.15) is 109 Å². The standard InChI is InChI=1S/C68H65N3O/c1-42(2)46-24-26-48(27-25-46)51-32-33-69-62(40-51)55-36-53(47-18-13-11-14-19-47)35-54(37-55)57-22-17-23-63-65(57)70-67(61-39-52(43(3)4)38-58(44(5)6)66(61)72)71(63)64-34-45(7)59(41-60(64)49-20-15-12-16-21-49)50-28-30-56(31-29-50)68(8,9)10/h11-44,72H,1-10H3/i42D. The summed E-state index contributed by atoms with van der Waals surface area (Å²) in [5, 5.41) is 12.5. The molecule has 0 aliphatic rings. The van der Waals surface area contributed by atoms with Crippen LogP contribution in [-0.4, -0.2) is 19.6 Å². The number of hydrogen-bond donors (Lipinski definition) is 1. The first-order chi connectivity index (χ1) is 34.9. The molecule has 0 spiro atoms. The molecule has 0 saturated heterocycles. The first kappa shape index (κ1) is 46.6. The molecule has 0 saturated carbocycles. The fourth-order valence-corrected chi connectivity index (χ4v) is 10.1. The number of aromatic hydroxyl groups is 1. The number of phenols is 1. The van der Waals surface area contributed by atoms with Gasteiger partial charge in [0.25, 0.3) is 0 Å². The Morgan fingerprint density at radius 2 is 1.12 bits per heavy atom. The number of benzene rings is 8. The Morgan fingerprint density at radius 3 is 1.78 bits per heavy atom. The first-order valence-electron chi connectivity index (χ1n) is 25.9. The van der Waals surface area contributed by atoms with Gasteiger partial charge in [0.1, 0.15) is 11.6 Å². The molecule has 8 aromatic carbocycles. The molecule has 4 nitrogen and oxygen atoms in total. The average molecular weight is 941 g/mol. The van der Waals surface area contributed by atoms with Gasteiger partial charge in [-0.05, 0) is 157 Å². The minimum atomic E-state index is -0.682. The van der Waals surface area contributed by atoms with Crippen LogP contribution in [-0.2, 0) is 5.41 Å². The van der Waals surface area contributed by atoms with E-state index in [0.29, 0.717) is 11.4 Å². The summed E-state index contributed by atoms with van der Waals surface area (Å²) in [5.41, 5.74) is 21.5. The van der Waals surface area contributed by atoms with Gasteiger partial charge in [-0.2, -0.15) is 0 Å². The molecule has 0 bridgehead atoms. The first-order valence-corrected chi connectivity index (χ1v) is 25.4. The molecule has 4 heteroatoms. The highest BCUT2D eigenvalue weighted by Crippen LogP contribution is 2.46. The second-order valence-electron chi connectivity index (χ2n) is 21.3. The van der Waals surface area contributed by atoms with Crippen molar-refractivity contribution in [2.75, 3.05) is 0 Å². The monoisotopic (exact) mass is 941 g/mol. The molecule has 0 unspecified atom stereocenters. The van der Waals surface area contributed by atoms with E-state index in [1.165, 1.54) is 11.1 Å². The zero-order valence-corrected chi connectivity index (χ0v) is 43.3. The largest absolute Gasteiger partial charge is 0.507 e. The minimum Gasteiger partial charge on any atom is -0.507 e. The van der Waals surface area contributed by atoms with Gasteiger partial charge in [0.05, 0.1) is 28.0 Å². The summed E-state index contributed by atoms with van der Waals surface area (Å²) in [6.07, 6.45) is 1.89. The smallest absolute Gasteiger partial charge is 0.149 e. The Hall–Kier alpha value is -7.82. The fraction of sp³-hybridized carbons (Fsp3) is 0.206. The van der Waals surface area contributed by atoms with Crippen LogP contribution in [0.2, 0.25) is 0 Å². The highest BCUT2D eigenvalue weighted by Gasteiger charge is 2.26. The van der Waals surface area contributed by atoms with Gasteiger partial charge in [0.2, 0.25) is 0 Å². The van der Waals surface area contributed by atoms with Crippen molar-refractivity contribution in [1.82, 2.24) is 14.5 Å².